The van der Waals surface area contributed by atoms with E-state index in [0.717, 1.165) is 31.0 Å². The summed E-state index contributed by atoms with van der Waals surface area (Å²) in [5.41, 5.74) is 2.19. The van der Waals surface area contributed by atoms with E-state index >= 15 is 0 Å². The number of carbonyl (C=O) groups is 1. The van der Waals surface area contributed by atoms with Crippen molar-refractivity contribution in [3.05, 3.63) is 35.4 Å². The summed E-state index contributed by atoms with van der Waals surface area (Å²) >= 11 is 0. The van der Waals surface area contributed by atoms with E-state index in [9.17, 15) is 4.79 Å². The molecule has 2 nitrogen and oxygen atoms in total. The van der Waals surface area contributed by atoms with Crippen molar-refractivity contribution in [3.8, 4) is 0 Å². The largest absolute Gasteiger partial charge is 0.296 e. The molecule has 110 valence electrons. The summed E-state index contributed by atoms with van der Waals surface area (Å²) in [6.45, 7) is 9.41. The predicted molar refractivity (Wildman–Crippen MR) is 84.3 cm³/mol. The normalized spacial score (nSPS) is 21.6. The van der Waals surface area contributed by atoms with E-state index in [4.69, 9.17) is 0 Å². The van der Waals surface area contributed by atoms with Crippen molar-refractivity contribution in [2.45, 2.75) is 46.0 Å². The molecular formula is C18H27NO. The van der Waals surface area contributed by atoms with E-state index in [0.29, 0.717) is 12.5 Å². The average Bonchev–Trinajstić information content (AvgIpc) is 2.46. The van der Waals surface area contributed by atoms with Crippen LogP contribution >= 0.6 is 0 Å². The molecule has 0 bridgehead atoms. The number of hydrogen-bond donors (Lipinski definition) is 0. The molecule has 1 aliphatic heterocycles. The van der Waals surface area contributed by atoms with Gasteiger partial charge in [-0.15, -0.1) is 0 Å². The van der Waals surface area contributed by atoms with Gasteiger partial charge in [-0.25, -0.2) is 0 Å². The zero-order valence-corrected chi connectivity index (χ0v) is 13.1. The van der Waals surface area contributed by atoms with Crippen LogP contribution in [0.2, 0.25) is 0 Å². The van der Waals surface area contributed by atoms with Crippen LogP contribution in [0.5, 0.6) is 0 Å². The molecule has 2 rings (SSSR count). The monoisotopic (exact) mass is 273 g/mol. The fourth-order valence-corrected chi connectivity index (χ4v) is 2.96. The SMILES string of the molecule is CCC(C)c1ccc(C(=O)CN2CCCC(C)C2)cc1. The molecule has 0 aromatic heterocycles. The molecule has 1 aromatic rings. The smallest absolute Gasteiger partial charge is 0.176 e. The highest BCUT2D eigenvalue weighted by atomic mass is 16.1. The number of benzene rings is 1. The predicted octanol–water partition coefficient (Wildman–Crippen LogP) is 4.11. The maximum absolute atomic E-state index is 12.3. The lowest BCUT2D eigenvalue weighted by Gasteiger charge is -2.30. The third-order valence-electron chi connectivity index (χ3n) is 4.52. The number of rotatable bonds is 5. The van der Waals surface area contributed by atoms with E-state index < -0.39 is 0 Å². The molecule has 0 aliphatic carbocycles. The molecule has 0 radical (unpaired) electrons. The Hall–Kier alpha value is -1.15. The molecule has 0 amide bonds. The second-order valence-corrected chi connectivity index (χ2v) is 6.34. The molecule has 2 atom stereocenters. The first-order chi connectivity index (χ1) is 9.60. The first kappa shape index (κ1) is 15.2. The number of hydrogen-bond acceptors (Lipinski definition) is 2. The maximum Gasteiger partial charge on any atom is 0.176 e. The standard InChI is InChI=1S/C18H27NO/c1-4-15(3)16-7-9-17(10-8-16)18(20)13-19-11-5-6-14(2)12-19/h7-10,14-15H,4-6,11-13H2,1-3H3. The Labute approximate surface area is 123 Å². The van der Waals surface area contributed by atoms with Gasteiger partial charge in [-0.3, -0.25) is 9.69 Å². The number of Topliss-reactive ketones (excluding diaryl/α,β-unsaturated/α-hetero) is 1. The molecule has 1 aliphatic rings. The molecule has 1 fully saturated rings. The summed E-state index contributed by atoms with van der Waals surface area (Å²) in [6, 6.07) is 8.22. The van der Waals surface area contributed by atoms with Gasteiger partial charge in [0.15, 0.2) is 5.78 Å². The first-order valence-corrected chi connectivity index (χ1v) is 7.95. The summed E-state index contributed by atoms with van der Waals surface area (Å²) in [6.07, 6.45) is 3.66. The Morgan fingerprint density at radius 1 is 1.35 bits per heavy atom. The van der Waals surface area contributed by atoms with Gasteiger partial charge in [0, 0.05) is 12.1 Å². The molecule has 2 unspecified atom stereocenters. The third-order valence-corrected chi connectivity index (χ3v) is 4.52. The van der Waals surface area contributed by atoms with Crippen LogP contribution in [-0.2, 0) is 0 Å². The topological polar surface area (TPSA) is 20.3 Å². The Morgan fingerprint density at radius 3 is 2.65 bits per heavy atom. The summed E-state index contributed by atoms with van der Waals surface area (Å²) < 4.78 is 0. The van der Waals surface area contributed by atoms with Crippen LogP contribution in [0.25, 0.3) is 0 Å². The van der Waals surface area contributed by atoms with Crippen LogP contribution in [0.1, 0.15) is 61.9 Å². The van der Waals surface area contributed by atoms with Gasteiger partial charge in [0.25, 0.3) is 0 Å². The van der Waals surface area contributed by atoms with Gasteiger partial charge in [0.1, 0.15) is 0 Å². The van der Waals surface area contributed by atoms with Gasteiger partial charge in [-0.1, -0.05) is 45.0 Å². The number of piperidine rings is 1. The van der Waals surface area contributed by atoms with E-state index in [-0.39, 0.29) is 5.78 Å². The third kappa shape index (κ3) is 3.92. The Morgan fingerprint density at radius 2 is 2.05 bits per heavy atom. The highest BCUT2D eigenvalue weighted by Gasteiger charge is 2.19. The van der Waals surface area contributed by atoms with Crippen LogP contribution in [0.15, 0.2) is 24.3 Å². The Kier molecular flexibility index (Phi) is 5.36. The molecular weight excluding hydrogens is 246 g/mol. The first-order valence-electron chi connectivity index (χ1n) is 7.95. The highest BCUT2D eigenvalue weighted by Crippen LogP contribution is 2.20. The van der Waals surface area contributed by atoms with Crippen LogP contribution in [0.4, 0.5) is 0 Å². The van der Waals surface area contributed by atoms with Gasteiger partial charge in [0.2, 0.25) is 0 Å². The second kappa shape index (κ2) is 7.03. The van der Waals surface area contributed by atoms with Crippen LogP contribution in [0, 0.1) is 5.92 Å². The number of nitrogens with zero attached hydrogens (tertiary/aromatic N) is 1. The summed E-state index contributed by atoms with van der Waals surface area (Å²) in [5.74, 6) is 1.56. The Balaban J connectivity index is 1.95. The van der Waals surface area contributed by atoms with Gasteiger partial charge < -0.3 is 0 Å². The summed E-state index contributed by atoms with van der Waals surface area (Å²) in [5, 5.41) is 0. The average molecular weight is 273 g/mol. The molecule has 1 aromatic carbocycles. The maximum atomic E-state index is 12.3. The molecule has 20 heavy (non-hydrogen) atoms. The van der Waals surface area contributed by atoms with Crippen LogP contribution in [0.3, 0.4) is 0 Å². The lowest BCUT2D eigenvalue weighted by Crippen LogP contribution is -2.37. The molecule has 0 spiro atoms. The summed E-state index contributed by atoms with van der Waals surface area (Å²) in [4.78, 5) is 14.6. The van der Waals surface area contributed by atoms with Crippen molar-refractivity contribution >= 4 is 5.78 Å². The second-order valence-electron chi connectivity index (χ2n) is 6.34. The van der Waals surface area contributed by atoms with Gasteiger partial charge in [-0.2, -0.15) is 0 Å². The fourth-order valence-electron chi connectivity index (χ4n) is 2.96. The van der Waals surface area contributed by atoms with E-state index in [1.165, 1.54) is 18.4 Å². The van der Waals surface area contributed by atoms with E-state index in [2.05, 4.69) is 37.8 Å². The quantitative estimate of drug-likeness (QED) is 0.752. The Bertz CT molecular complexity index is 437. The minimum absolute atomic E-state index is 0.259. The van der Waals surface area contributed by atoms with Gasteiger partial charge >= 0.3 is 0 Å². The van der Waals surface area contributed by atoms with Crippen molar-refractivity contribution in [2.24, 2.45) is 5.92 Å². The van der Waals surface area contributed by atoms with Crippen molar-refractivity contribution in [1.82, 2.24) is 4.90 Å². The van der Waals surface area contributed by atoms with Crippen molar-refractivity contribution < 1.29 is 4.79 Å². The molecule has 0 saturated carbocycles. The van der Waals surface area contributed by atoms with Gasteiger partial charge in [-0.05, 0) is 43.2 Å². The van der Waals surface area contributed by atoms with Crippen LogP contribution < -0.4 is 0 Å². The van der Waals surface area contributed by atoms with Crippen molar-refractivity contribution in [2.75, 3.05) is 19.6 Å². The molecule has 0 N–H and O–H groups in total. The number of ketones is 1. The zero-order chi connectivity index (χ0) is 14.5. The molecule has 1 saturated heterocycles. The zero-order valence-electron chi connectivity index (χ0n) is 13.1. The van der Waals surface area contributed by atoms with E-state index in [1.54, 1.807) is 0 Å². The number of likely N-dealkylation sites (tertiary alicyclic amines) is 1. The minimum atomic E-state index is 0.259. The lowest BCUT2D eigenvalue weighted by atomic mass is 9.96. The van der Waals surface area contributed by atoms with E-state index in [1.807, 2.05) is 12.1 Å². The molecule has 1 heterocycles. The minimum Gasteiger partial charge on any atom is -0.296 e. The van der Waals surface area contributed by atoms with Crippen molar-refractivity contribution in [3.63, 3.8) is 0 Å². The van der Waals surface area contributed by atoms with Gasteiger partial charge in [0.05, 0.1) is 6.54 Å². The van der Waals surface area contributed by atoms with Crippen LogP contribution in [-0.4, -0.2) is 30.3 Å². The number of carbonyl (C=O) groups excluding carboxylic acids is 1. The fraction of sp³-hybridized carbons (Fsp3) is 0.611. The lowest BCUT2D eigenvalue weighted by molar-refractivity contribution is 0.0893. The highest BCUT2D eigenvalue weighted by molar-refractivity contribution is 5.97. The van der Waals surface area contributed by atoms with Crippen molar-refractivity contribution in [1.29, 1.82) is 0 Å². The molecule has 2 heteroatoms. The summed E-state index contributed by atoms with van der Waals surface area (Å²) in [7, 11) is 0.